The average Bonchev–Trinajstić information content (AvgIpc) is 2.66. The van der Waals surface area contributed by atoms with Gasteiger partial charge in [-0.3, -0.25) is 5.10 Å². The second-order valence-electron chi connectivity index (χ2n) is 3.17. The van der Waals surface area contributed by atoms with Crippen LogP contribution >= 0.6 is 0 Å². The van der Waals surface area contributed by atoms with Gasteiger partial charge in [-0.15, -0.1) is 0 Å². The van der Waals surface area contributed by atoms with Gasteiger partial charge in [-0.2, -0.15) is 10.4 Å². The molecule has 0 fully saturated rings. The Balaban J connectivity index is 2.35. The number of H-pyrrole nitrogens is 1. The van der Waals surface area contributed by atoms with Gasteiger partial charge in [0.2, 0.25) is 0 Å². The van der Waals surface area contributed by atoms with Crippen molar-refractivity contribution in [3.05, 3.63) is 18.0 Å². The summed E-state index contributed by atoms with van der Waals surface area (Å²) in [6, 6.07) is 4.32. The average molecular weight is 178 g/mol. The summed E-state index contributed by atoms with van der Waals surface area (Å²) in [6.07, 6.45) is 1.72. The van der Waals surface area contributed by atoms with Crippen LogP contribution in [0.5, 0.6) is 0 Å². The highest BCUT2D eigenvalue weighted by Gasteiger charge is 2.07. The molecule has 4 heteroatoms. The highest BCUT2D eigenvalue weighted by Crippen LogP contribution is 2.07. The van der Waals surface area contributed by atoms with Crippen molar-refractivity contribution in [2.75, 3.05) is 6.54 Å². The first-order valence-corrected chi connectivity index (χ1v) is 4.36. The summed E-state index contributed by atoms with van der Waals surface area (Å²) in [5.74, 6) is 0.0466. The SMILES string of the molecule is CC(C#N)CNC(C)c1ccn[nH]1. The largest absolute Gasteiger partial charge is 0.308 e. The Morgan fingerprint density at radius 2 is 2.46 bits per heavy atom. The van der Waals surface area contributed by atoms with E-state index in [9.17, 15) is 0 Å². The van der Waals surface area contributed by atoms with E-state index < -0.39 is 0 Å². The predicted molar refractivity (Wildman–Crippen MR) is 49.8 cm³/mol. The van der Waals surface area contributed by atoms with Crippen LogP contribution in [0, 0.1) is 17.2 Å². The van der Waals surface area contributed by atoms with Crippen molar-refractivity contribution < 1.29 is 0 Å². The number of aromatic nitrogens is 2. The van der Waals surface area contributed by atoms with Crippen molar-refractivity contribution in [3.8, 4) is 6.07 Å². The van der Waals surface area contributed by atoms with Crippen molar-refractivity contribution in [1.82, 2.24) is 15.5 Å². The lowest BCUT2D eigenvalue weighted by molar-refractivity contribution is 0.518. The second-order valence-corrected chi connectivity index (χ2v) is 3.17. The molecule has 0 amide bonds. The summed E-state index contributed by atoms with van der Waals surface area (Å²) in [7, 11) is 0. The Morgan fingerprint density at radius 3 is 3.00 bits per heavy atom. The molecular weight excluding hydrogens is 164 g/mol. The van der Waals surface area contributed by atoms with Crippen LogP contribution in [0.15, 0.2) is 12.3 Å². The van der Waals surface area contributed by atoms with Gasteiger partial charge in [-0.05, 0) is 19.9 Å². The summed E-state index contributed by atoms with van der Waals surface area (Å²) in [5.41, 5.74) is 1.05. The lowest BCUT2D eigenvalue weighted by Crippen LogP contribution is -2.24. The molecule has 70 valence electrons. The van der Waals surface area contributed by atoms with Crippen LogP contribution in [-0.4, -0.2) is 16.7 Å². The fraction of sp³-hybridized carbons (Fsp3) is 0.556. The van der Waals surface area contributed by atoms with Crippen molar-refractivity contribution in [2.24, 2.45) is 5.92 Å². The first kappa shape index (κ1) is 9.75. The third-order valence-corrected chi connectivity index (χ3v) is 1.94. The molecule has 0 spiro atoms. The number of aromatic amines is 1. The standard InChI is InChI=1S/C9H14N4/c1-7(5-10)6-11-8(2)9-3-4-12-13-9/h3-4,7-8,11H,6H2,1-2H3,(H,12,13). The van der Waals surface area contributed by atoms with Crippen LogP contribution in [-0.2, 0) is 0 Å². The number of nitrogens with zero attached hydrogens (tertiary/aromatic N) is 2. The number of hydrogen-bond acceptors (Lipinski definition) is 3. The Morgan fingerprint density at radius 1 is 1.69 bits per heavy atom. The smallest absolute Gasteiger partial charge is 0.0666 e. The Kier molecular flexibility index (Phi) is 3.47. The van der Waals surface area contributed by atoms with Gasteiger partial charge in [0.05, 0.1) is 17.7 Å². The normalized spacial score (nSPS) is 14.8. The maximum absolute atomic E-state index is 8.57. The third-order valence-electron chi connectivity index (χ3n) is 1.94. The molecule has 1 aromatic rings. The zero-order chi connectivity index (χ0) is 9.68. The van der Waals surface area contributed by atoms with Crippen LogP contribution in [0.2, 0.25) is 0 Å². The van der Waals surface area contributed by atoms with Crippen molar-refractivity contribution in [1.29, 1.82) is 5.26 Å². The van der Waals surface area contributed by atoms with Gasteiger partial charge in [-0.1, -0.05) is 0 Å². The maximum atomic E-state index is 8.57. The van der Waals surface area contributed by atoms with Crippen LogP contribution < -0.4 is 5.32 Å². The quantitative estimate of drug-likeness (QED) is 0.728. The van der Waals surface area contributed by atoms with E-state index in [2.05, 4.69) is 21.6 Å². The van der Waals surface area contributed by atoms with E-state index in [1.54, 1.807) is 6.20 Å². The van der Waals surface area contributed by atoms with E-state index in [1.807, 2.05) is 19.9 Å². The Hall–Kier alpha value is -1.34. The summed E-state index contributed by atoms with van der Waals surface area (Å²) in [4.78, 5) is 0. The van der Waals surface area contributed by atoms with E-state index in [4.69, 9.17) is 5.26 Å². The van der Waals surface area contributed by atoms with Gasteiger partial charge in [0.25, 0.3) is 0 Å². The molecule has 1 aromatic heterocycles. The summed E-state index contributed by atoms with van der Waals surface area (Å²) >= 11 is 0. The molecule has 13 heavy (non-hydrogen) atoms. The third kappa shape index (κ3) is 2.88. The lowest BCUT2D eigenvalue weighted by atomic mass is 10.2. The van der Waals surface area contributed by atoms with E-state index in [1.165, 1.54) is 0 Å². The molecule has 0 aliphatic carbocycles. The molecule has 0 saturated heterocycles. The van der Waals surface area contributed by atoms with Gasteiger partial charge in [0, 0.05) is 18.8 Å². The number of nitrogens with one attached hydrogen (secondary N) is 2. The van der Waals surface area contributed by atoms with Gasteiger partial charge in [0.15, 0.2) is 0 Å². The van der Waals surface area contributed by atoms with Gasteiger partial charge < -0.3 is 5.32 Å². The van der Waals surface area contributed by atoms with Gasteiger partial charge >= 0.3 is 0 Å². The maximum Gasteiger partial charge on any atom is 0.0666 e. The first-order chi connectivity index (χ1) is 6.24. The van der Waals surface area contributed by atoms with Crippen LogP contribution in [0.1, 0.15) is 25.6 Å². The lowest BCUT2D eigenvalue weighted by Gasteiger charge is -2.12. The summed E-state index contributed by atoms with van der Waals surface area (Å²) in [5, 5.41) is 18.6. The van der Waals surface area contributed by atoms with Crippen LogP contribution in [0.25, 0.3) is 0 Å². The molecule has 2 unspecified atom stereocenters. The molecule has 0 aliphatic rings. The fourth-order valence-corrected chi connectivity index (χ4v) is 1.02. The highest BCUT2D eigenvalue weighted by atomic mass is 15.1. The minimum atomic E-state index is 0.0466. The highest BCUT2D eigenvalue weighted by molar-refractivity contribution is 5.03. The molecule has 2 N–H and O–H groups in total. The fourth-order valence-electron chi connectivity index (χ4n) is 1.02. The van der Waals surface area contributed by atoms with Gasteiger partial charge in [-0.25, -0.2) is 0 Å². The molecule has 1 heterocycles. The monoisotopic (exact) mass is 178 g/mol. The molecule has 0 aromatic carbocycles. The van der Waals surface area contributed by atoms with Crippen molar-refractivity contribution in [3.63, 3.8) is 0 Å². The van der Waals surface area contributed by atoms with Crippen LogP contribution in [0.4, 0.5) is 0 Å². The van der Waals surface area contributed by atoms with Crippen LogP contribution in [0.3, 0.4) is 0 Å². The molecule has 2 atom stereocenters. The molecule has 0 saturated carbocycles. The van der Waals surface area contributed by atoms with E-state index >= 15 is 0 Å². The van der Waals surface area contributed by atoms with Crippen molar-refractivity contribution >= 4 is 0 Å². The molecular formula is C9H14N4. The number of nitriles is 1. The zero-order valence-electron chi connectivity index (χ0n) is 7.91. The second kappa shape index (κ2) is 4.63. The van der Waals surface area contributed by atoms with Gasteiger partial charge in [0.1, 0.15) is 0 Å². The van der Waals surface area contributed by atoms with Crippen molar-refractivity contribution in [2.45, 2.75) is 19.9 Å². The number of hydrogen-bond donors (Lipinski definition) is 2. The first-order valence-electron chi connectivity index (χ1n) is 4.36. The topological polar surface area (TPSA) is 64.5 Å². The molecule has 0 aliphatic heterocycles. The van der Waals surface area contributed by atoms with E-state index in [0.717, 1.165) is 5.69 Å². The number of rotatable bonds is 4. The molecule has 1 rings (SSSR count). The molecule has 0 radical (unpaired) electrons. The Bertz CT molecular complexity index is 272. The Labute approximate surface area is 78.0 Å². The summed E-state index contributed by atoms with van der Waals surface area (Å²) in [6.45, 7) is 4.64. The predicted octanol–water partition coefficient (Wildman–Crippen LogP) is 1.22. The summed E-state index contributed by atoms with van der Waals surface area (Å²) < 4.78 is 0. The zero-order valence-corrected chi connectivity index (χ0v) is 7.91. The van der Waals surface area contributed by atoms with E-state index in [0.29, 0.717) is 6.54 Å². The minimum Gasteiger partial charge on any atom is -0.308 e. The molecule has 4 nitrogen and oxygen atoms in total. The van der Waals surface area contributed by atoms with E-state index in [-0.39, 0.29) is 12.0 Å². The molecule has 0 bridgehead atoms. The minimum absolute atomic E-state index is 0.0466.